The quantitative estimate of drug-likeness (QED) is 0.408. The van der Waals surface area contributed by atoms with Crippen molar-refractivity contribution in [2.45, 2.75) is 55.5 Å². The summed E-state index contributed by atoms with van der Waals surface area (Å²) in [5.41, 5.74) is 2.81. The van der Waals surface area contributed by atoms with E-state index in [2.05, 4.69) is 19.2 Å². The van der Waals surface area contributed by atoms with Gasteiger partial charge in [0.2, 0.25) is 0 Å². The lowest BCUT2D eigenvalue weighted by atomic mass is 9.78. The maximum Gasteiger partial charge on any atom is 0.259 e. The molecule has 0 spiro atoms. The number of fused-ring (bicyclic) bond motifs is 2. The molecule has 0 bridgehead atoms. The number of rotatable bonds is 4. The van der Waals surface area contributed by atoms with Gasteiger partial charge in [0.15, 0.2) is 0 Å². The Bertz CT molecular complexity index is 1280. The Balaban J connectivity index is 1.52. The fraction of sp³-hybridized carbons (Fsp3) is 0.310. The summed E-state index contributed by atoms with van der Waals surface area (Å²) in [5.74, 6) is 0.853. The molecule has 5 rings (SSSR count). The van der Waals surface area contributed by atoms with Crippen LogP contribution in [-0.2, 0) is 6.54 Å². The van der Waals surface area contributed by atoms with Crippen LogP contribution in [0.25, 0.3) is 0 Å². The Morgan fingerprint density at radius 2 is 1.80 bits per heavy atom. The van der Waals surface area contributed by atoms with Gasteiger partial charge in [-0.2, -0.15) is 0 Å². The minimum Gasteiger partial charge on any atom is -0.349 e. The number of hydrogen-bond donors (Lipinski definition) is 1. The predicted molar refractivity (Wildman–Crippen MR) is 142 cm³/mol. The van der Waals surface area contributed by atoms with E-state index in [9.17, 15) is 9.59 Å². The summed E-state index contributed by atoms with van der Waals surface area (Å²) in [7, 11) is 0. The lowest BCUT2D eigenvalue weighted by molar-refractivity contribution is 0.0889. The molecule has 3 atom stereocenters. The lowest BCUT2D eigenvalue weighted by Gasteiger charge is -2.34. The van der Waals surface area contributed by atoms with Crippen molar-refractivity contribution in [3.8, 4) is 0 Å². The summed E-state index contributed by atoms with van der Waals surface area (Å²) >= 11 is 8.02. The molecule has 4 nitrogen and oxygen atoms in total. The number of nitrogens with one attached hydrogen (secondary N) is 1. The molecule has 0 radical (unpaired) electrons. The van der Waals surface area contributed by atoms with Gasteiger partial charge in [-0.1, -0.05) is 80.4 Å². The van der Waals surface area contributed by atoms with Crippen molar-refractivity contribution in [1.29, 1.82) is 0 Å². The van der Waals surface area contributed by atoms with Crippen molar-refractivity contribution >= 4 is 40.9 Å². The van der Waals surface area contributed by atoms with Gasteiger partial charge in [0.1, 0.15) is 0 Å². The van der Waals surface area contributed by atoms with Crippen LogP contribution in [0, 0.1) is 11.8 Å². The van der Waals surface area contributed by atoms with E-state index in [-0.39, 0.29) is 17.9 Å². The van der Waals surface area contributed by atoms with E-state index in [0.717, 1.165) is 33.9 Å². The van der Waals surface area contributed by atoms with Crippen LogP contribution in [0.15, 0.2) is 76.5 Å². The van der Waals surface area contributed by atoms with Crippen LogP contribution in [0.5, 0.6) is 0 Å². The maximum atomic E-state index is 13.8. The molecule has 1 aliphatic heterocycles. The highest BCUT2D eigenvalue weighted by Gasteiger charge is 2.31. The van der Waals surface area contributed by atoms with Gasteiger partial charge < -0.3 is 10.2 Å². The number of carbonyl (C=O) groups excluding carboxylic acids is 2. The zero-order chi connectivity index (χ0) is 24.5. The van der Waals surface area contributed by atoms with E-state index in [1.54, 1.807) is 16.7 Å². The Hall–Kier alpha value is -2.76. The fourth-order valence-electron chi connectivity index (χ4n) is 5.05. The third-order valence-corrected chi connectivity index (χ3v) is 8.91. The first-order valence-electron chi connectivity index (χ1n) is 12.2. The van der Waals surface area contributed by atoms with Crippen molar-refractivity contribution in [3.63, 3.8) is 0 Å². The Morgan fingerprint density at radius 1 is 1.03 bits per heavy atom. The number of halogens is 1. The molecule has 0 saturated heterocycles. The zero-order valence-electron chi connectivity index (χ0n) is 20.0. The molecule has 0 aromatic heterocycles. The molecule has 0 unspecified atom stereocenters. The minimum absolute atomic E-state index is 0.0874. The van der Waals surface area contributed by atoms with Gasteiger partial charge in [-0.05, 0) is 60.2 Å². The van der Waals surface area contributed by atoms with E-state index in [1.165, 1.54) is 6.42 Å². The zero-order valence-corrected chi connectivity index (χ0v) is 21.5. The molecule has 1 aliphatic carbocycles. The van der Waals surface area contributed by atoms with E-state index in [1.807, 2.05) is 66.7 Å². The number of carbonyl (C=O) groups is 2. The average molecular weight is 505 g/mol. The van der Waals surface area contributed by atoms with Crippen molar-refractivity contribution in [2.24, 2.45) is 11.8 Å². The van der Waals surface area contributed by atoms with E-state index < -0.39 is 0 Å². The summed E-state index contributed by atoms with van der Waals surface area (Å²) in [6, 6.07) is 21.1. The van der Waals surface area contributed by atoms with Crippen molar-refractivity contribution in [1.82, 2.24) is 5.32 Å². The largest absolute Gasteiger partial charge is 0.349 e. The second-order valence-corrected chi connectivity index (χ2v) is 11.1. The molecular weight excluding hydrogens is 476 g/mol. The van der Waals surface area contributed by atoms with Gasteiger partial charge >= 0.3 is 0 Å². The maximum absolute atomic E-state index is 13.8. The van der Waals surface area contributed by atoms with Gasteiger partial charge in [-0.25, -0.2) is 0 Å². The van der Waals surface area contributed by atoms with Crippen LogP contribution in [0.2, 0.25) is 5.02 Å². The molecule has 35 heavy (non-hydrogen) atoms. The molecule has 1 fully saturated rings. The van der Waals surface area contributed by atoms with Gasteiger partial charge in [-0.3, -0.25) is 9.59 Å². The number of amides is 2. The van der Waals surface area contributed by atoms with Gasteiger partial charge in [0.05, 0.1) is 17.8 Å². The molecule has 1 N–H and O–H groups in total. The second kappa shape index (κ2) is 10.1. The Kier molecular flexibility index (Phi) is 6.90. The summed E-state index contributed by atoms with van der Waals surface area (Å²) in [4.78, 5) is 30.7. The molecule has 2 aliphatic rings. The molecule has 1 heterocycles. The van der Waals surface area contributed by atoms with Crippen LogP contribution in [0.3, 0.4) is 0 Å². The molecule has 2 amide bonds. The van der Waals surface area contributed by atoms with Crippen molar-refractivity contribution < 1.29 is 9.59 Å². The molecule has 3 aromatic carbocycles. The monoisotopic (exact) mass is 504 g/mol. The highest BCUT2D eigenvalue weighted by Crippen LogP contribution is 2.42. The Morgan fingerprint density at radius 3 is 2.63 bits per heavy atom. The van der Waals surface area contributed by atoms with Crippen LogP contribution in [0.4, 0.5) is 5.69 Å². The second-order valence-electron chi connectivity index (χ2n) is 9.61. The summed E-state index contributed by atoms with van der Waals surface area (Å²) in [6.45, 7) is 4.81. The first-order chi connectivity index (χ1) is 16.9. The third-order valence-electron chi connectivity index (χ3n) is 7.40. The molecule has 3 aromatic rings. The van der Waals surface area contributed by atoms with Crippen molar-refractivity contribution in [3.05, 3.63) is 88.4 Å². The highest BCUT2D eigenvalue weighted by molar-refractivity contribution is 7.99. The predicted octanol–water partition coefficient (Wildman–Crippen LogP) is 7.21. The SMILES string of the molecule is C[C@@H]1[C@H](C)CCC[C@H]1NC(=O)c1ccc2c(c1)N(Cc1ccccc1Cl)C(=O)c1ccccc1S2. The molecule has 6 heteroatoms. The number of anilines is 1. The molecule has 1 saturated carbocycles. The highest BCUT2D eigenvalue weighted by atomic mass is 35.5. The summed E-state index contributed by atoms with van der Waals surface area (Å²) < 4.78 is 0. The first kappa shape index (κ1) is 24.0. The fourth-order valence-corrected chi connectivity index (χ4v) is 6.31. The van der Waals surface area contributed by atoms with Crippen molar-refractivity contribution in [2.75, 3.05) is 4.90 Å². The Labute approximate surface area is 216 Å². The van der Waals surface area contributed by atoms with Crippen LogP contribution < -0.4 is 10.2 Å². The average Bonchev–Trinajstić information content (AvgIpc) is 2.97. The van der Waals surface area contributed by atoms with Crippen LogP contribution >= 0.6 is 23.4 Å². The van der Waals surface area contributed by atoms with E-state index in [0.29, 0.717) is 34.5 Å². The number of benzene rings is 3. The number of nitrogens with zero attached hydrogens (tertiary/aromatic N) is 1. The normalized spacial score (nSPS) is 21.6. The van der Waals surface area contributed by atoms with E-state index in [4.69, 9.17) is 11.6 Å². The van der Waals surface area contributed by atoms with Gasteiger partial charge in [-0.15, -0.1) is 0 Å². The lowest BCUT2D eigenvalue weighted by Crippen LogP contribution is -2.43. The van der Waals surface area contributed by atoms with Crippen LogP contribution in [0.1, 0.15) is 59.4 Å². The summed E-state index contributed by atoms with van der Waals surface area (Å²) in [6.07, 6.45) is 3.35. The summed E-state index contributed by atoms with van der Waals surface area (Å²) in [5, 5.41) is 3.88. The standard InChI is InChI=1S/C29H29ClN2O2S/c1-18-8-7-12-24(19(18)2)31-28(33)20-14-15-27-25(16-20)32(17-21-9-3-5-11-23(21)30)29(34)22-10-4-6-13-26(22)35-27/h3-6,9-11,13-16,18-19,24H,7-8,12,17H2,1-2H3,(H,31,33)/t18-,19-,24-/m1/s1. The van der Waals surface area contributed by atoms with Gasteiger partial charge in [0, 0.05) is 26.4 Å². The topological polar surface area (TPSA) is 49.4 Å². The molecule has 180 valence electrons. The number of hydrogen-bond acceptors (Lipinski definition) is 3. The smallest absolute Gasteiger partial charge is 0.259 e. The third kappa shape index (κ3) is 4.85. The van der Waals surface area contributed by atoms with Gasteiger partial charge in [0.25, 0.3) is 11.8 Å². The van der Waals surface area contributed by atoms with Crippen LogP contribution in [-0.4, -0.2) is 17.9 Å². The minimum atomic E-state index is -0.0981. The molecular formula is C29H29ClN2O2S. The first-order valence-corrected chi connectivity index (χ1v) is 13.4. The van der Waals surface area contributed by atoms with E-state index >= 15 is 0 Å².